The third kappa shape index (κ3) is 2.51. The number of esters is 2. The maximum atomic E-state index is 11.8. The van der Waals surface area contributed by atoms with E-state index in [-0.39, 0.29) is 0 Å². The average molecular weight is 240 g/mol. The van der Waals surface area contributed by atoms with E-state index in [9.17, 15) is 9.59 Å². The highest BCUT2D eigenvalue weighted by atomic mass is 16.5. The van der Waals surface area contributed by atoms with Crippen LogP contribution < -0.4 is 0 Å². The maximum Gasteiger partial charge on any atom is 0.323 e. The van der Waals surface area contributed by atoms with Crippen molar-refractivity contribution >= 4 is 11.9 Å². The molecule has 0 heterocycles. The Labute approximate surface area is 102 Å². The van der Waals surface area contributed by atoms with Crippen molar-refractivity contribution in [1.29, 1.82) is 0 Å². The first-order valence-corrected chi connectivity index (χ1v) is 5.83. The number of rotatable bonds is 3. The van der Waals surface area contributed by atoms with Crippen molar-refractivity contribution in [3.63, 3.8) is 0 Å². The van der Waals surface area contributed by atoms with Crippen LogP contribution in [0.5, 0.6) is 0 Å². The Morgan fingerprint density at radius 1 is 1.24 bits per heavy atom. The quantitative estimate of drug-likeness (QED) is 0.430. The summed E-state index contributed by atoms with van der Waals surface area (Å²) in [5.41, 5.74) is 0.149. The van der Waals surface area contributed by atoms with Gasteiger partial charge >= 0.3 is 11.9 Å². The SMILES string of the molecule is COC(=O)C1(C(=O)OC)CC=C(C(C)C)CC1. The molecule has 0 unspecified atom stereocenters. The van der Waals surface area contributed by atoms with Crippen LogP contribution in [-0.2, 0) is 19.1 Å². The highest BCUT2D eigenvalue weighted by Crippen LogP contribution is 2.39. The number of allylic oxidation sites excluding steroid dienone is 2. The van der Waals surface area contributed by atoms with Crippen LogP contribution in [0.4, 0.5) is 0 Å². The molecule has 17 heavy (non-hydrogen) atoms. The van der Waals surface area contributed by atoms with Gasteiger partial charge < -0.3 is 9.47 Å². The zero-order valence-electron chi connectivity index (χ0n) is 10.9. The van der Waals surface area contributed by atoms with Crippen molar-refractivity contribution < 1.29 is 19.1 Å². The fraction of sp³-hybridized carbons (Fsp3) is 0.692. The number of ether oxygens (including phenoxy) is 2. The Kier molecular flexibility index (Phi) is 4.32. The second-order valence-electron chi connectivity index (χ2n) is 4.70. The lowest BCUT2D eigenvalue weighted by Crippen LogP contribution is -2.42. The van der Waals surface area contributed by atoms with Gasteiger partial charge in [0.25, 0.3) is 0 Å². The van der Waals surface area contributed by atoms with Gasteiger partial charge in [0.1, 0.15) is 0 Å². The second kappa shape index (κ2) is 5.34. The minimum Gasteiger partial charge on any atom is -0.468 e. The van der Waals surface area contributed by atoms with Crippen molar-refractivity contribution in [2.24, 2.45) is 11.3 Å². The standard InChI is InChI=1S/C13H20O4/c1-9(2)10-5-7-13(8-6-10,11(14)16-3)12(15)17-4/h5,9H,6-8H2,1-4H3. The molecule has 1 rings (SSSR count). The first-order chi connectivity index (χ1) is 7.97. The van der Waals surface area contributed by atoms with Gasteiger partial charge in [0.15, 0.2) is 5.41 Å². The summed E-state index contributed by atoms with van der Waals surface area (Å²) < 4.78 is 9.49. The van der Waals surface area contributed by atoms with Crippen molar-refractivity contribution in [3.8, 4) is 0 Å². The summed E-state index contributed by atoms with van der Waals surface area (Å²) >= 11 is 0. The molecule has 4 heteroatoms. The van der Waals surface area contributed by atoms with Crippen LogP contribution in [-0.4, -0.2) is 26.2 Å². The molecule has 0 aliphatic heterocycles. The van der Waals surface area contributed by atoms with E-state index in [1.165, 1.54) is 19.8 Å². The van der Waals surface area contributed by atoms with Crippen molar-refractivity contribution in [2.45, 2.75) is 33.1 Å². The molecule has 0 radical (unpaired) electrons. The molecule has 0 spiro atoms. The van der Waals surface area contributed by atoms with Gasteiger partial charge in [0.05, 0.1) is 14.2 Å². The molecule has 0 aromatic carbocycles. The predicted molar refractivity (Wildman–Crippen MR) is 63.2 cm³/mol. The smallest absolute Gasteiger partial charge is 0.323 e. The fourth-order valence-electron chi connectivity index (χ4n) is 2.24. The molecule has 0 amide bonds. The molecule has 0 fully saturated rings. The van der Waals surface area contributed by atoms with E-state index in [0.717, 1.165) is 6.42 Å². The number of methoxy groups -OCH3 is 2. The summed E-state index contributed by atoms with van der Waals surface area (Å²) in [7, 11) is 2.60. The molecule has 1 aliphatic rings. The molecule has 0 atom stereocenters. The van der Waals surface area contributed by atoms with Gasteiger partial charge in [0.2, 0.25) is 0 Å². The fourth-order valence-corrected chi connectivity index (χ4v) is 2.24. The van der Waals surface area contributed by atoms with Crippen LogP contribution in [0.25, 0.3) is 0 Å². The van der Waals surface area contributed by atoms with Crippen LogP contribution in [0, 0.1) is 11.3 Å². The average Bonchev–Trinajstić information content (AvgIpc) is 2.36. The van der Waals surface area contributed by atoms with E-state index in [4.69, 9.17) is 9.47 Å². The maximum absolute atomic E-state index is 11.8. The lowest BCUT2D eigenvalue weighted by molar-refractivity contribution is -0.169. The number of carbonyl (C=O) groups excluding carboxylic acids is 2. The molecule has 0 aromatic rings. The largest absolute Gasteiger partial charge is 0.468 e. The summed E-state index contributed by atoms with van der Waals surface area (Å²) in [4.78, 5) is 23.6. The van der Waals surface area contributed by atoms with E-state index in [1.54, 1.807) is 0 Å². The van der Waals surface area contributed by atoms with Gasteiger partial charge in [-0.2, -0.15) is 0 Å². The van der Waals surface area contributed by atoms with Gasteiger partial charge in [-0.3, -0.25) is 9.59 Å². The van der Waals surface area contributed by atoms with Gasteiger partial charge in [-0.1, -0.05) is 25.5 Å². The Morgan fingerprint density at radius 2 is 1.76 bits per heavy atom. The summed E-state index contributed by atoms with van der Waals surface area (Å²) in [6, 6.07) is 0. The van der Waals surface area contributed by atoms with Crippen LogP contribution in [0.1, 0.15) is 33.1 Å². The molecule has 0 bridgehead atoms. The van der Waals surface area contributed by atoms with Crippen LogP contribution in [0.2, 0.25) is 0 Å². The van der Waals surface area contributed by atoms with Crippen molar-refractivity contribution in [2.75, 3.05) is 14.2 Å². The number of carbonyl (C=O) groups is 2. The van der Waals surface area contributed by atoms with E-state index in [1.807, 2.05) is 6.08 Å². The molecule has 0 aromatic heterocycles. The molecule has 0 saturated heterocycles. The highest BCUT2D eigenvalue weighted by molar-refractivity contribution is 6.00. The first kappa shape index (κ1) is 13.7. The molecule has 0 saturated carbocycles. The third-order valence-corrected chi connectivity index (χ3v) is 3.45. The zero-order chi connectivity index (χ0) is 13.1. The highest BCUT2D eigenvalue weighted by Gasteiger charge is 2.48. The Bertz CT molecular complexity index is 325. The second-order valence-corrected chi connectivity index (χ2v) is 4.70. The Hall–Kier alpha value is -1.32. The van der Waals surface area contributed by atoms with Crippen molar-refractivity contribution in [3.05, 3.63) is 11.6 Å². The summed E-state index contributed by atoms with van der Waals surface area (Å²) in [5, 5.41) is 0. The summed E-state index contributed by atoms with van der Waals surface area (Å²) in [6.07, 6.45) is 3.56. The minimum absolute atomic E-state index is 0.375. The van der Waals surface area contributed by atoms with Gasteiger partial charge in [0, 0.05) is 0 Å². The van der Waals surface area contributed by atoms with Crippen LogP contribution in [0.3, 0.4) is 0 Å². The number of hydrogen-bond donors (Lipinski definition) is 0. The van der Waals surface area contributed by atoms with Gasteiger partial charge in [-0.05, 0) is 25.2 Å². The predicted octanol–water partition coefficient (Wildman–Crippen LogP) is 2.09. The van der Waals surface area contributed by atoms with E-state index >= 15 is 0 Å². The number of hydrogen-bond acceptors (Lipinski definition) is 4. The van der Waals surface area contributed by atoms with Gasteiger partial charge in [-0.15, -0.1) is 0 Å². The molecular weight excluding hydrogens is 220 g/mol. The Balaban J connectivity index is 2.98. The molecular formula is C13H20O4. The van der Waals surface area contributed by atoms with E-state index < -0.39 is 17.4 Å². The van der Waals surface area contributed by atoms with Gasteiger partial charge in [-0.25, -0.2) is 0 Å². The topological polar surface area (TPSA) is 52.6 Å². The third-order valence-electron chi connectivity index (χ3n) is 3.45. The van der Waals surface area contributed by atoms with Crippen LogP contribution >= 0.6 is 0 Å². The molecule has 0 N–H and O–H groups in total. The summed E-state index contributed by atoms with van der Waals surface area (Å²) in [6.45, 7) is 4.21. The van der Waals surface area contributed by atoms with Crippen molar-refractivity contribution in [1.82, 2.24) is 0 Å². The normalized spacial score (nSPS) is 18.5. The first-order valence-electron chi connectivity index (χ1n) is 5.83. The monoisotopic (exact) mass is 240 g/mol. The molecule has 96 valence electrons. The summed E-state index contributed by atoms with van der Waals surface area (Å²) in [5.74, 6) is -0.546. The molecule has 1 aliphatic carbocycles. The lowest BCUT2D eigenvalue weighted by atomic mass is 9.73. The zero-order valence-corrected chi connectivity index (χ0v) is 10.9. The van der Waals surface area contributed by atoms with E-state index in [0.29, 0.717) is 18.8 Å². The minimum atomic E-state index is -1.14. The Morgan fingerprint density at radius 3 is 2.06 bits per heavy atom. The van der Waals surface area contributed by atoms with Crippen LogP contribution in [0.15, 0.2) is 11.6 Å². The molecule has 4 nitrogen and oxygen atoms in total. The lowest BCUT2D eigenvalue weighted by Gasteiger charge is -2.31. The van der Waals surface area contributed by atoms with E-state index in [2.05, 4.69) is 13.8 Å².